The third-order valence-corrected chi connectivity index (χ3v) is 3.63. The Kier molecular flexibility index (Phi) is 4.09. The summed E-state index contributed by atoms with van der Waals surface area (Å²) in [7, 11) is 1.57. The lowest BCUT2D eigenvalue weighted by Crippen LogP contribution is -2.26. The Bertz CT molecular complexity index is 517. The van der Waals surface area contributed by atoms with Gasteiger partial charge in [-0.15, -0.1) is 0 Å². The maximum Gasteiger partial charge on any atom is 0.307 e. The van der Waals surface area contributed by atoms with Crippen molar-refractivity contribution >= 4 is 27.8 Å². The second kappa shape index (κ2) is 5.61. The summed E-state index contributed by atoms with van der Waals surface area (Å²) < 4.78 is 6.10. The summed E-state index contributed by atoms with van der Waals surface area (Å²) in [5.74, 6) is -1.34. The van der Waals surface area contributed by atoms with E-state index in [2.05, 4.69) is 21.2 Å². The van der Waals surface area contributed by atoms with E-state index in [1.54, 1.807) is 7.11 Å². The van der Waals surface area contributed by atoms with Crippen molar-refractivity contribution in [1.82, 2.24) is 5.32 Å². The van der Waals surface area contributed by atoms with E-state index in [0.717, 1.165) is 10.0 Å². The highest BCUT2D eigenvalue weighted by molar-refractivity contribution is 9.10. The number of amides is 1. The van der Waals surface area contributed by atoms with Gasteiger partial charge in [-0.05, 0) is 24.6 Å². The Balaban J connectivity index is 1.94. The molecule has 0 aliphatic heterocycles. The van der Waals surface area contributed by atoms with E-state index in [-0.39, 0.29) is 5.91 Å². The zero-order chi connectivity index (χ0) is 14.0. The van der Waals surface area contributed by atoms with Crippen molar-refractivity contribution in [3.63, 3.8) is 0 Å². The summed E-state index contributed by atoms with van der Waals surface area (Å²) in [6, 6.07) is 5.52. The molecule has 0 unspecified atom stereocenters. The van der Waals surface area contributed by atoms with Crippen molar-refractivity contribution < 1.29 is 19.4 Å². The zero-order valence-electron chi connectivity index (χ0n) is 10.4. The molecule has 1 aromatic carbocycles. The van der Waals surface area contributed by atoms with Crippen molar-refractivity contribution in [3.8, 4) is 5.75 Å². The third-order valence-electron chi connectivity index (χ3n) is 3.14. The minimum atomic E-state index is -0.903. The van der Waals surface area contributed by atoms with E-state index in [9.17, 15) is 9.59 Å². The fraction of sp³-hybridized carbons (Fsp3) is 0.385. The Morgan fingerprint density at radius 3 is 2.79 bits per heavy atom. The Morgan fingerprint density at radius 2 is 2.21 bits per heavy atom. The normalized spacial score (nSPS) is 20.7. The minimum Gasteiger partial charge on any atom is -0.496 e. The van der Waals surface area contributed by atoms with Crippen molar-refractivity contribution in [2.45, 2.75) is 13.0 Å². The number of carboxylic acids is 1. The van der Waals surface area contributed by atoms with Gasteiger partial charge in [0.15, 0.2) is 0 Å². The summed E-state index contributed by atoms with van der Waals surface area (Å²) in [6.45, 7) is 0.324. The molecule has 1 amide bonds. The maximum atomic E-state index is 11.8. The molecule has 0 saturated heterocycles. The molecular weight excluding hydrogens is 314 g/mol. The lowest BCUT2D eigenvalue weighted by atomic mass is 10.2. The SMILES string of the molecule is COc1ccc(Br)cc1CNC(=O)[C@@H]1C[C@@H]1C(=O)O. The van der Waals surface area contributed by atoms with Gasteiger partial charge < -0.3 is 15.2 Å². The predicted molar refractivity (Wildman–Crippen MR) is 71.8 cm³/mol. The van der Waals surface area contributed by atoms with Gasteiger partial charge in [-0.3, -0.25) is 9.59 Å². The molecule has 2 rings (SSSR count). The minimum absolute atomic E-state index is 0.213. The van der Waals surface area contributed by atoms with Crippen LogP contribution in [0.15, 0.2) is 22.7 Å². The van der Waals surface area contributed by atoms with Crippen LogP contribution in [0.5, 0.6) is 5.75 Å². The van der Waals surface area contributed by atoms with Crippen LogP contribution in [0.1, 0.15) is 12.0 Å². The summed E-state index contributed by atoms with van der Waals surface area (Å²) in [6.07, 6.45) is 0.427. The van der Waals surface area contributed by atoms with Gasteiger partial charge in [0.05, 0.1) is 18.9 Å². The number of carboxylic acid groups (broad SMARTS) is 1. The molecule has 5 nitrogen and oxygen atoms in total. The van der Waals surface area contributed by atoms with E-state index < -0.39 is 17.8 Å². The molecule has 1 saturated carbocycles. The Labute approximate surface area is 119 Å². The Morgan fingerprint density at radius 1 is 1.47 bits per heavy atom. The van der Waals surface area contributed by atoms with Gasteiger partial charge in [0.25, 0.3) is 0 Å². The molecule has 6 heteroatoms. The van der Waals surface area contributed by atoms with Crippen molar-refractivity contribution in [1.29, 1.82) is 0 Å². The van der Waals surface area contributed by atoms with E-state index in [1.165, 1.54) is 0 Å². The highest BCUT2D eigenvalue weighted by atomic mass is 79.9. The molecule has 0 spiro atoms. The van der Waals surface area contributed by atoms with Gasteiger partial charge >= 0.3 is 5.97 Å². The van der Waals surface area contributed by atoms with Crippen LogP contribution in [0.3, 0.4) is 0 Å². The second-order valence-corrected chi connectivity index (χ2v) is 5.38. The first-order valence-electron chi connectivity index (χ1n) is 5.86. The van der Waals surface area contributed by atoms with Crippen LogP contribution in [0, 0.1) is 11.8 Å². The van der Waals surface area contributed by atoms with Gasteiger partial charge in [0.2, 0.25) is 5.91 Å². The molecule has 19 heavy (non-hydrogen) atoms. The summed E-state index contributed by atoms with van der Waals surface area (Å²) in [5, 5.41) is 11.5. The molecule has 102 valence electrons. The lowest BCUT2D eigenvalue weighted by molar-refractivity contribution is -0.140. The number of carbonyl (C=O) groups excluding carboxylic acids is 1. The molecule has 0 bridgehead atoms. The van der Waals surface area contributed by atoms with E-state index in [0.29, 0.717) is 18.7 Å². The first-order chi connectivity index (χ1) is 9.02. The highest BCUT2D eigenvalue weighted by Gasteiger charge is 2.48. The summed E-state index contributed by atoms with van der Waals surface area (Å²) >= 11 is 3.36. The average Bonchev–Trinajstić information content (AvgIpc) is 3.16. The molecule has 1 aliphatic carbocycles. The molecule has 1 aromatic rings. The van der Waals surface area contributed by atoms with Crippen LogP contribution >= 0.6 is 15.9 Å². The number of carbonyl (C=O) groups is 2. The highest BCUT2D eigenvalue weighted by Crippen LogP contribution is 2.38. The molecule has 0 aromatic heterocycles. The number of methoxy groups -OCH3 is 1. The molecule has 1 aliphatic rings. The number of nitrogens with one attached hydrogen (secondary N) is 1. The van der Waals surface area contributed by atoms with Crippen LogP contribution in [0.2, 0.25) is 0 Å². The molecule has 1 fully saturated rings. The van der Waals surface area contributed by atoms with Gasteiger partial charge in [-0.25, -0.2) is 0 Å². The number of hydrogen-bond donors (Lipinski definition) is 2. The van der Waals surface area contributed by atoms with Crippen molar-refractivity contribution in [2.24, 2.45) is 11.8 Å². The number of aliphatic carboxylic acids is 1. The van der Waals surface area contributed by atoms with Crippen molar-refractivity contribution in [2.75, 3.05) is 7.11 Å². The predicted octanol–water partition coefficient (Wildman–Crippen LogP) is 1.79. The summed E-state index contributed by atoms with van der Waals surface area (Å²) in [5.41, 5.74) is 0.845. The third kappa shape index (κ3) is 3.26. The van der Waals surface area contributed by atoms with E-state index >= 15 is 0 Å². The quantitative estimate of drug-likeness (QED) is 0.864. The number of hydrogen-bond acceptors (Lipinski definition) is 3. The second-order valence-electron chi connectivity index (χ2n) is 4.46. The topological polar surface area (TPSA) is 75.6 Å². The maximum absolute atomic E-state index is 11.8. The van der Waals surface area contributed by atoms with Gasteiger partial charge in [0.1, 0.15) is 5.75 Å². The van der Waals surface area contributed by atoms with Crippen LogP contribution in [-0.4, -0.2) is 24.1 Å². The zero-order valence-corrected chi connectivity index (χ0v) is 11.9. The van der Waals surface area contributed by atoms with Crippen LogP contribution in [-0.2, 0) is 16.1 Å². The molecule has 2 N–H and O–H groups in total. The smallest absolute Gasteiger partial charge is 0.307 e. The number of ether oxygens (including phenoxy) is 1. The number of benzene rings is 1. The van der Waals surface area contributed by atoms with Crippen molar-refractivity contribution in [3.05, 3.63) is 28.2 Å². The molecular formula is C13H14BrNO4. The lowest BCUT2D eigenvalue weighted by Gasteiger charge is -2.10. The van der Waals surface area contributed by atoms with Gasteiger partial charge in [-0.2, -0.15) is 0 Å². The molecule has 0 heterocycles. The van der Waals surface area contributed by atoms with Crippen LogP contribution in [0.4, 0.5) is 0 Å². The average molecular weight is 328 g/mol. The molecule has 2 atom stereocenters. The fourth-order valence-electron chi connectivity index (χ4n) is 1.96. The van der Waals surface area contributed by atoms with Crippen LogP contribution in [0.25, 0.3) is 0 Å². The number of rotatable bonds is 5. The fourth-order valence-corrected chi connectivity index (χ4v) is 2.36. The monoisotopic (exact) mass is 327 g/mol. The first kappa shape index (κ1) is 13.9. The van der Waals surface area contributed by atoms with E-state index in [4.69, 9.17) is 9.84 Å². The standard InChI is InChI=1S/C13H14BrNO4/c1-19-11-3-2-8(14)4-7(11)6-15-12(16)9-5-10(9)13(17)18/h2-4,9-10H,5-6H2,1H3,(H,15,16)(H,17,18)/t9-,10+/m1/s1. The number of halogens is 1. The Hall–Kier alpha value is -1.56. The van der Waals surface area contributed by atoms with Gasteiger partial charge in [0, 0.05) is 16.6 Å². The largest absolute Gasteiger partial charge is 0.496 e. The first-order valence-corrected chi connectivity index (χ1v) is 6.65. The summed E-state index contributed by atoms with van der Waals surface area (Å²) in [4.78, 5) is 22.4. The molecule has 0 radical (unpaired) electrons. The van der Waals surface area contributed by atoms with Gasteiger partial charge in [-0.1, -0.05) is 15.9 Å². The van der Waals surface area contributed by atoms with Crippen LogP contribution < -0.4 is 10.1 Å². The van der Waals surface area contributed by atoms with E-state index in [1.807, 2.05) is 18.2 Å².